The number of halogens is 1. The summed E-state index contributed by atoms with van der Waals surface area (Å²) in [5.74, 6) is 1.22. The second kappa shape index (κ2) is 6.63. The van der Waals surface area contributed by atoms with Gasteiger partial charge in [0.2, 0.25) is 0 Å². The molecule has 0 saturated heterocycles. The summed E-state index contributed by atoms with van der Waals surface area (Å²) >= 11 is 5.30. The zero-order valence-corrected chi connectivity index (χ0v) is 11.7. The molecule has 0 radical (unpaired) electrons. The molecule has 0 aromatic carbocycles. The second-order valence-electron chi connectivity index (χ2n) is 4.06. The van der Waals surface area contributed by atoms with Crippen LogP contribution in [0.15, 0.2) is 15.9 Å². The van der Waals surface area contributed by atoms with E-state index in [-0.39, 0.29) is 0 Å². The monoisotopic (exact) mass is 290 g/mol. The van der Waals surface area contributed by atoms with Crippen LogP contribution in [0.1, 0.15) is 18.7 Å². The van der Waals surface area contributed by atoms with Crippen molar-refractivity contribution in [2.24, 2.45) is 17.6 Å². The summed E-state index contributed by atoms with van der Waals surface area (Å²) in [5.41, 5.74) is 5.72. The Hall–Kier alpha value is 0.100. The highest BCUT2D eigenvalue weighted by atomic mass is 79.9. The van der Waals surface area contributed by atoms with Gasteiger partial charge in [0.25, 0.3) is 0 Å². The first-order valence-electron chi connectivity index (χ1n) is 5.27. The van der Waals surface area contributed by atoms with E-state index in [1.807, 2.05) is 0 Å². The van der Waals surface area contributed by atoms with Crippen molar-refractivity contribution >= 4 is 27.3 Å². The van der Waals surface area contributed by atoms with E-state index in [9.17, 15) is 0 Å². The lowest BCUT2D eigenvalue weighted by atomic mass is 9.96. The van der Waals surface area contributed by atoms with Crippen molar-refractivity contribution in [3.63, 3.8) is 0 Å². The molecule has 1 unspecified atom stereocenters. The first-order chi connectivity index (χ1) is 7.15. The molecule has 15 heavy (non-hydrogen) atoms. The third kappa shape index (κ3) is 4.23. The van der Waals surface area contributed by atoms with Gasteiger partial charge in [-0.1, -0.05) is 13.8 Å². The minimum atomic E-state index is 0.573. The first-order valence-corrected chi connectivity index (χ1v) is 6.95. The Bertz CT molecular complexity index is 286. The largest absolute Gasteiger partial charge is 0.330 e. The van der Waals surface area contributed by atoms with Crippen molar-refractivity contribution in [1.29, 1.82) is 0 Å². The van der Waals surface area contributed by atoms with Gasteiger partial charge in [0.05, 0.1) is 0 Å². The molecule has 0 fully saturated rings. The number of rotatable bonds is 6. The van der Waals surface area contributed by atoms with Crippen LogP contribution in [-0.4, -0.2) is 13.1 Å². The van der Waals surface area contributed by atoms with Crippen LogP contribution in [0, 0.1) is 11.8 Å². The summed E-state index contributed by atoms with van der Waals surface area (Å²) in [7, 11) is 0. The Kier molecular flexibility index (Phi) is 5.82. The molecule has 0 saturated carbocycles. The fraction of sp³-hybridized carbons (Fsp3) is 0.636. The van der Waals surface area contributed by atoms with Gasteiger partial charge in [0.15, 0.2) is 0 Å². The van der Waals surface area contributed by atoms with Gasteiger partial charge in [0, 0.05) is 15.9 Å². The van der Waals surface area contributed by atoms with Gasteiger partial charge >= 0.3 is 0 Å². The fourth-order valence-corrected chi connectivity index (χ4v) is 2.88. The fourth-order valence-electron chi connectivity index (χ4n) is 1.41. The van der Waals surface area contributed by atoms with Crippen LogP contribution in [-0.2, 0) is 6.54 Å². The van der Waals surface area contributed by atoms with Crippen LogP contribution in [0.5, 0.6) is 0 Å². The van der Waals surface area contributed by atoms with Crippen molar-refractivity contribution in [2.45, 2.75) is 20.4 Å². The van der Waals surface area contributed by atoms with Crippen LogP contribution < -0.4 is 11.1 Å². The Labute approximate surface area is 104 Å². The lowest BCUT2D eigenvalue weighted by Crippen LogP contribution is -2.31. The lowest BCUT2D eigenvalue weighted by Gasteiger charge is -2.19. The standard InChI is InChI=1S/C11H19BrN2S/c1-8(2)9(5-13)6-14-7-11-10(12)3-4-15-11/h3-4,8-9,14H,5-7,13H2,1-2H3. The molecule has 4 heteroatoms. The van der Waals surface area contributed by atoms with Gasteiger partial charge in [-0.2, -0.15) is 0 Å². The predicted octanol–water partition coefficient (Wildman–Crippen LogP) is 2.83. The van der Waals surface area contributed by atoms with E-state index in [1.165, 1.54) is 9.35 Å². The molecular formula is C11H19BrN2S. The molecule has 1 rings (SSSR count). The second-order valence-corrected chi connectivity index (χ2v) is 5.92. The van der Waals surface area contributed by atoms with Gasteiger partial charge in [0.1, 0.15) is 0 Å². The highest BCUT2D eigenvalue weighted by Gasteiger charge is 2.10. The summed E-state index contributed by atoms with van der Waals surface area (Å²) in [6.45, 7) is 7.14. The smallest absolute Gasteiger partial charge is 0.0327 e. The molecule has 2 nitrogen and oxygen atoms in total. The maximum absolute atomic E-state index is 5.72. The molecular weight excluding hydrogens is 272 g/mol. The van der Waals surface area contributed by atoms with Gasteiger partial charge in [-0.15, -0.1) is 11.3 Å². The molecule has 0 aliphatic rings. The van der Waals surface area contributed by atoms with Crippen LogP contribution in [0.2, 0.25) is 0 Å². The number of thiophene rings is 1. The molecule has 0 spiro atoms. The number of hydrogen-bond acceptors (Lipinski definition) is 3. The summed E-state index contributed by atoms with van der Waals surface area (Å²) in [6.07, 6.45) is 0. The topological polar surface area (TPSA) is 38.0 Å². The Morgan fingerprint density at radius 1 is 1.53 bits per heavy atom. The number of nitrogens with one attached hydrogen (secondary N) is 1. The third-order valence-corrected chi connectivity index (χ3v) is 4.56. The Morgan fingerprint density at radius 3 is 2.73 bits per heavy atom. The Balaban J connectivity index is 2.29. The molecule has 0 aliphatic heterocycles. The molecule has 1 aromatic rings. The molecule has 0 aliphatic carbocycles. The van der Waals surface area contributed by atoms with Crippen LogP contribution in [0.25, 0.3) is 0 Å². The molecule has 1 atom stereocenters. The molecule has 1 aromatic heterocycles. The van der Waals surface area contributed by atoms with E-state index in [0.29, 0.717) is 11.8 Å². The van der Waals surface area contributed by atoms with E-state index in [1.54, 1.807) is 11.3 Å². The zero-order chi connectivity index (χ0) is 11.3. The van der Waals surface area contributed by atoms with Crippen LogP contribution in [0.3, 0.4) is 0 Å². The quantitative estimate of drug-likeness (QED) is 0.846. The normalized spacial score (nSPS) is 13.4. The summed E-state index contributed by atoms with van der Waals surface area (Å²) in [4.78, 5) is 1.36. The summed E-state index contributed by atoms with van der Waals surface area (Å²) < 4.78 is 1.20. The average molecular weight is 291 g/mol. The van der Waals surface area contributed by atoms with E-state index >= 15 is 0 Å². The van der Waals surface area contributed by atoms with Crippen molar-refractivity contribution in [3.05, 3.63) is 20.8 Å². The van der Waals surface area contributed by atoms with Crippen LogP contribution in [0.4, 0.5) is 0 Å². The third-order valence-electron chi connectivity index (χ3n) is 2.63. The van der Waals surface area contributed by atoms with E-state index in [0.717, 1.165) is 19.6 Å². The molecule has 86 valence electrons. The highest BCUT2D eigenvalue weighted by Crippen LogP contribution is 2.22. The number of nitrogens with two attached hydrogens (primary N) is 1. The molecule has 0 amide bonds. The number of hydrogen-bond donors (Lipinski definition) is 2. The van der Waals surface area contributed by atoms with E-state index in [2.05, 4.69) is 46.5 Å². The first kappa shape index (κ1) is 13.2. The van der Waals surface area contributed by atoms with Gasteiger partial charge in [-0.3, -0.25) is 0 Å². The Morgan fingerprint density at radius 2 is 2.27 bits per heavy atom. The van der Waals surface area contributed by atoms with Gasteiger partial charge < -0.3 is 11.1 Å². The molecule has 0 bridgehead atoms. The molecule has 3 N–H and O–H groups in total. The van der Waals surface area contributed by atoms with E-state index < -0.39 is 0 Å². The van der Waals surface area contributed by atoms with Crippen molar-refractivity contribution in [3.8, 4) is 0 Å². The van der Waals surface area contributed by atoms with Crippen molar-refractivity contribution in [1.82, 2.24) is 5.32 Å². The predicted molar refractivity (Wildman–Crippen MR) is 71.1 cm³/mol. The van der Waals surface area contributed by atoms with Crippen molar-refractivity contribution in [2.75, 3.05) is 13.1 Å². The maximum atomic E-state index is 5.72. The van der Waals surface area contributed by atoms with E-state index in [4.69, 9.17) is 5.73 Å². The SMILES string of the molecule is CC(C)C(CN)CNCc1sccc1Br. The lowest BCUT2D eigenvalue weighted by molar-refractivity contribution is 0.371. The van der Waals surface area contributed by atoms with Gasteiger partial charge in [-0.25, -0.2) is 0 Å². The minimum Gasteiger partial charge on any atom is -0.330 e. The maximum Gasteiger partial charge on any atom is 0.0327 e. The van der Waals surface area contributed by atoms with Crippen LogP contribution >= 0.6 is 27.3 Å². The van der Waals surface area contributed by atoms with Crippen molar-refractivity contribution < 1.29 is 0 Å². The summed E-state index contributed by atoms with van der Waals surface area (Å²) in [5, 5.41) is 5.56. The van der Waals surface area contributed by atoms with Gasteiger partial charge in [-0.05, 0) is 52.3 Å². The zero-order valence-electron chi connectivity index (χ0n) is 9.29. The minimum absolute atomic E-state index is 0.573. The summed E-state index contributed by atoms with van der Waals surface area (Å²) in [6, 6.07) is 2.09. The highest BCUT2D eigenvalue weighted by molar-refractivity contribution is 9.10. The average Bonchev–Trinajstić information content (AvgIpc) is 2.58. The molecule has 1 heterocycles.